The van der Waals surface area contributed by atoms with Crippen LogP contribution in [0.3, 0.4) is 0 Å². The van der Waals surface area contributed by atoms with Crippen LogP contribution in [0.5, 0.6) is 0 Å². The lowest BCUT2D eigenvalue weighted by atomic mass is 9.42. The molecule has 0 aromatic heterocycles. The zero-order chi connectivity index (χ0) is 23.3. The maximum Gasteiger partial charge on any atom is 0.161 e. The summed E-state index contributed by atoms with van der Waals surface area (Å²) >= 11 is 0. The molecule has 0 aromatic rings. The number of rotatable bonds is 4. The Morgan fingerprint density at radius 3 is 2.41 bits per heavy atom. The van der Waals surface area contributed by atoms with E-state index in [1.165, 1.54) is 44.9 Å². The zero-order valence-corrected chi connectivity index (χ0v) is 21.5. The van der Waals surface area contributed by atoms with Gasteiger partial charge in [0, 0.05) is 11.8 Å². The van der Waals surface area contributed by atoms with Gasteiger partial charge in [0.15, 0.2) is 11.6 Å². The van der Waals surface area contributed by atoms with Crippen molar-refractivity contribution in [3.05, 3.63) is 23.8 Å². The molecule has 0 heterocycles. The Hall–Kier alpha value is -1.18. The van der Waals surface area contributed by atoms with Gasteiger partial charge in [0.25, 0.3) is 0 Å². The van der Waals surface area contributed by atoms with Gasteiger partial charge >= 0.3 is 0 Å². The third-order valence-corrected chi connectivity index (χ3v) is 12.1. The van der Waals surface area contributed by atoms with Crippen molar-refractivity contribution in [3.63, 3.8) is 0 Å². The molecule has 0 N–H and O–H groups in total. The monoisotopic (exact) mass is 436 g/mol. The maximum atomic E-state index is 12.7. The van der Waals surface area contributed by atoms with Crippen LogP contribution in [0.15, 0.2) is 23.8 Å². The molecule has 2 spiro atoms. The Morgan fingerprint density at radius 1 is 1.03 bits per heavy atom. The molecule has 5 rings (SSSR count). The van der Waals surface area contributed by atoms with E-state index in [4.69, 9.17) is 0 Å². The molecule has 176 valence electrons. The molecule has 0 amide bonds. The fourth-order valence-electron chi connectivity index (χ4n) is 10.4. The number of ketones is 2. The van der Waals surface area contributed by atoms with E-state index in [0.29, 0.717) is 52.0 Å². The summed E-state index contributed by atoms with van der Waals surface area (Å²) in [4.78, 5) is 25.3. The fraction of sp³-hybridized carbons (Fsp3) is 0.800. The van der Waals surface area contributed by atoms with E-state index in [0.717, 1.165) is 11.5 Å². The summed E-state index contributed by atoms with van der Waals surface area (Å²) in [5.41, 5.74) is 2.30. The molecule has 0 aliphatic heterocycles. The molecule has 0 saturated heterocycles. The van der Waals surface area contributed by atoms with E-state index < -0.39 is 0 Å². The minimum atomic E-state index is -0.205. The predicted octanol–water partition coefficient (Wildman–Crippen LogP) is 7.33. The molecule has 0 unspecified atom stereocenters. The van der Waals surface area contributed by atoms with Gasteiger partial charge in [0.1, 0.15) is 0 Å². The Bertz CT molecular complexity index is 919. The van der Waals surface area contributed by atoms with Crippen molar-refractivity contribution >= 4 is 11.6 Å². The van der Waals surface area contributed by atoms with Crippen LogP contribution in [0.2, 0.25) is 0 Å². The third kappa shape index (κ3) is 2.59. The first-order chi connectivity index (χ1) is 14.8. The van der Waals surface area contributed by atoms with E-state index in [2.05, 4.69) is 40.7 Å². The summed E-state index contributed by atoms with van der Waals surface area (Å²) in [5, 5.41) is 0. The SMILES string of the molecule is CC(C)=CC(=O)C[C@@H](C)[C@H]1CC[C@@]2(C)[C@@H]3CC[C@H]4C(C)(C)C(=O)C=C[C@]45C[C@@]35CC[C@]12C. The average molecular weight is 437 g/mol. The molecular weight excluding hydrogens is 392 g/mol. The van der Waals surface area contributed by atoms with Crippen LogP contribution in [0.25, 0.3) is 0 Å². The van der Waals surface area contributed by atoms with Gasteiger partial charge in [0.05, 0.1) is 0 Å². The minimum absolute atomic E-state index is 0.205. The topological polar surface area (TPSA) is 34.1 Å². The first-order valence-electron chi connectivity index (χ1n) is 13.3. The largest absolute Gasteiger partial charge is 0.295 e. The number of carbonyl (C=O) groups is 2. The lowest BCUT2D eigenvalue weighted by Crippen LogP contribution is -2.56. The lowest BCUT2D eigenvalue weighted by Gasteiger charge is -2.62. The van der Waals surface area contributed by atoms with Crippen molar-refractivity contribution in [2.24, 2.45) is 50.7 Å². The molecule has 32 heavy (non-hydrogen) atoms. The molecule has 2 nitrogen and oxygen atoms in total. The van der Waals surface area contributed by atoms with Crippen LogP contribution in [-0.2, 0) is 9.59 Å². The lowest BCUT2D eigenvalue weighted by molar-refractivity contribution is -0.142. The van der Waals surface area contributed by atoms with E-state index in [9.17, 15) is 9.59 Å². The first-order valence-corrected chi connectivity index (χ1v) is 13.3. The van der Waals surface area contributed by atoms with Gasteiger partial charge in [0.2, 0.25) is 0 Å². The van der Waals surface area contributed by atoms with Crippen molar-refractivity contribution in [2.45, 2.75) is 99.8 Å². The van der Waals surface area contributed by atoms with Crippen molar-refractivity contribution in [1.82, 2.24) is 0 Å². The highest BCUT2D eigenvalue weighted by Gasteiger charge is 2.81. The smallest absolute Gasteiger partial charge is 0.161 e. The van der Waals surface area contributed by atoms with Crippen molar-refractivity contribution in [1.29, 1.82) is 0 Å². The molecule has 0 bridgehead atoms. The quantitative estimate of drug-likeness (QED) is 0.432. The normalized spacial score (nSPS) is 48.7. The van der Waals surface area contributed by atoms with Gasteiger partial charge in [-0.3, -0.25) is 9.59 Å². The number of carbonyl (C=O) groups excluding carboxylic acids is 2. The molecule has 0 aromatic carbocycles. The molecule has 0 radical (unpaired) electrons. The van der Waals surface area contributed by atoms with Gasteiger partial charge in [-0.1, -0.05) is 46.3 Å². The van der Waals surface area contributed by atoms with E-state index in [1.807, 2.05) is 26.0 Å². The standard InChI is InChI=1S/C30H44O2/c1-19(2)16-21(31)17-20(3)22-10-12-28(7)24-9-8-23-26(4,5)25(32)11-13-29(23)18-30(24,29)15-14-27(22,28)6/h11,13,16,20,22-24H,8-10,12,14-15,17-18H2,1-7H3/t20-,22-,23+,24+,27-,28+,29+,30+/m1/s1. The molecule has 5 aliphatic carbocycles. The first kappa shape index (κ1) is 22.6. The van der Waals surface area contributed by atoms with Crippen molar-refractivity contribution in [3.8, 4) is 0 Å². The summed E-state index contributed by atoms with van der Waals surface area (Å²) in [7, 11) is 0. The van der Waals surface area contributed by atoms with Crippen LogP contribution < -0.4 is 0 Å². The molecular formula is C30H44O2. The van der Waals surface area contributed by atoms with Gasteiger partial charge < -0.3 is 0 Å². The summed E-state index contributed by atoms with van der Waals surface area (Å²) in [6.07, 6.45) is 15.9. The highest BCUT2D eigenvalue weighted by atomic mass is 16.1. The van der Waals surface area contributed by atoms with Crippen LogP contribution in [0.1, 0.15) is 99.8 Å². The zero-order valence-electron chi connectivity index (χ0n) is 21.5. The summed E-state index contributed by atoms with van der Waals surface area (Å²) < 4.78 is 0. The van der Waals surface area contributed by atoms with Crippen molar-refractivity contribution in [2.75, 3.05) is 0 Å². The molecule has 4 fully saturated rings. The highest BCUT2D eigenvalue weighted by Crippen LogP contribution is 2.88. The van der Waals surface area contributed by atoms with Crippen LogP contribution in [0, 0.1) is 50.7 Å². The number of hydrogen-bond donors (Lipinski definition) is 0. The Kier molecular flexibility index (Phi) is 4.73. The summed E-state index contributed by atoms with van der Waals surface area (Å²) in [6, 6.07) is 0. The second-order valence-electron chi connectivity index (χ2n) is 13.8. The molecule has 2 heteroatoms. The average Bonchev–Trinajstić information content (AvgIpc) is 3.27. The third-order valence-electron chi connectivity index (χ3n) is 12.1. The fourth-order valence-corrected chi connectivity index (χ4v) is 10.4. The second-order valence-corrected chi connectivity index (χ2v) is 13.8. The maximum absolute atomic E-state index is 12.7. The summed E-state index contributed by atoms with van der Waals surface area (Å²) in [6.45, 7) is 16.0. The highest BCUT2D eigenvalue weighted by molar-refractivity contribution is 5.96. The molecule has 5 aliphatic rings. The van der Waals surface area contributed by atoms with E-state index in [-0.39, 0.29) is 10.8 Å². The van der Waals surface area contributed by atoms with Gasteiger partial charge in [-0.15, -0.1) is 0 Å². The molecule has 4 saturated carbocycles. The Morgan fingerprint density at radius 2 is 1.72 bits per heavy atom. The van der Waals surface area contributed by atoms with Crippen molar-refractivity contribution < 1.29 is 9.59 Å². The summed E-state index contributed by atoms with van der Waals surface area (Å²) in [5.74, 6) is 3.04. The molecule has 8 atom stereocenters. The van der Waals surface area contributed by atoms with Crippen LogP contribution in [0.4, 0.5) is 0 Å². The predicted molar refractivity (Wildman–Crippen MR) is 130 cm³/mol. The number of allylic oxidation sites excluding steroid dienone is 4. The van der Waals surface area contributed by atoms with Crippen LogP contribution in [-0.4, -0.2) is 11.6 Å². The number of fused-ring (bicyclic) bond motifs is 2. The van der Waals surface area contributed by atoms with Crippen LogP contribution >= 0.6 is 0 Å². The van der Waals surface area contributed by atoms with E-state index >= 15 is 0 Å². The second kappa shape index (κ2) is 6.70. The minimum Gasteiger partial charge on any atom is -0.295 e. The Labute approximate surface area is 195 Å². The van der Waals surface area contributed by atoms with E-state index in [1.54, 1.807) is 0 Å². The number of hydrogen-bond acceptors (Lipinski definition) is 2. The van der Waals surface area contributed by atoms with Gasteiger partial charge in [-0.25, -0.2) is 0 Å². The van der Waals surface area contributed by atoms with Gasteiger partial charge in [-0.2, -0.15) is 0 Å². The van der Waals surface area contributed by atoms with Gasteiger partial charge in [-0.05, 0) is 116 Å². The Balaban J connectivity index is 1.44.